The van der Waals surface area contributed by atoms with Gasteiger partial charge in [-0.3, -0.25) is 0 Å². The Balaban J connectivity index is 2.76. The van der Waals surface area contributed by atoms with Crippen LogP contribution in [-0.4, -0.2) is 29.2 Å². The zero-order valence-electron chi connectivity index (χ0n) is 9.23. The summed E-state index contributed by atoms with van der Waals surface area (Å²) in [4.78, 5) is 11.6. The van der Waals surface area contributed by atoms with Crippen molar-refractivity contribution in [3.63, 3.8) is 0 Å². The number of esters is 1. The lowest BCUT2D eigenvalue weighted by atomic mass is 9.77. The van der Waals surface area contributed by atoms with Gasteiger partial charge in [-0.25, -0.2) is 13.6 Å². The van der Waals surface area contributed by atoms with E-state index in [4.69, 9.17) is 9.84 Å². The van der Waals surface area contributed by atoms with Gasteiger partial charge in [0.05, 0.1) is 11.7 Å². The number of hydrogen-bond donors (Lipinski definition) is 1. The number of aliphatic hydroxyl groups excluding tert-OH is 1. The number of halogens is 2. The molecule has 0 atom stereocenters. The second kappa shape index (κ2) is 5.23. The minimum Gasteiger partial charge on any atom is -0.449 e. The molecule has 5 heteroatoms. The van der Waals surface area contributed by atoms with Gasteiger partial charge in [-0.1, -0.05) is 25.3 Å². The Morgan fingerprint density at radius 1 is 1.47 bits per heavy atom. The molecule has 0 bridgehead atoms. The van der Waals surface area contributed by atoms with Crippen LogP contribution in [0.25, 0.3) is 0 Å². The van der Waals surface area contributed by atoms with E-state index in [9.17, 15) is 13.6 Å². The van der Waals surface area contributed by atoms with Crippen LogP contribution in [0.15, 0.2) is 37.0 Å². The molecular formula is C12H14F2O3. The summed E-state index contributed by atoms with van der Waals surface area (Å²) in [6.07, 6.45) is -0.272. The minimum absolute atomic E-state index is 0.0569. The lowest BCUT2D eigenvalue weighted by molar-refractivity contribution is -0.216. The summed E-state index contributed by atoms with van der Waals surface area (Å²) in [6, 6.07) is 0. The standard InChI is InChI=1S/C12H14F2O3/c1-3-5-8(4-2)10(16)17-12(11(13)14)6-9(15)7-12/h3-5,9,11,15H,1-2,6-7H2/b8-5+. The summed E-state index contributed by atoms with van der Waals surface area (Å²) in [7, 11) is 0. The third-order valence-corrected chi connectivity index (χ3v) is 2.61. The van der Waals surface area contributed by atoms with Crippen molar-refractivity contribution in [2.75, 3.05) is 0 Å². The molecule has 3 nitrogen and oxygen atoms in total. The van der Waals surface area contributed by atoms with Gasteiger partial charge in [0.1, 0.15) is 0 Å². The number of ether oxygens (including phenoxy) is 1. The maximum Gasteiger partial charge on any atom is 0.338 e. The van der Waals surface area contributed by atoms with Gasteiger partial charge < -0.3 is 9.84 Å². The van der Waals surface area contributed by atoms with Gasteiger partial charge in [0.25, 0.3) is 6.43 Å². The van der Waals surface area contributed by atoms with E-state index in [-0.39, 0.29) is 18.4 Å². The molecule has 0 spiro atoms. The van der Waals surface area contributed by atoms with Crippen molar-refractivity contribution in [3.8, 4) is 0 Å². The van der Waals surface area contributed by atoms with Crippen molar-refractivity contribution in [1.29, 1.82) is 0 Å². The Hall–Kier alpha value is -1.49. The molecule has 0 unspecified atom stereocenters. The van der Waals surface area contributed by atoms with Crippen LogP contribution < -0.4 is 0 Å². The van der Waals surface area contributed by atoms with Crippen LogP contribution in [-0.2, 0) is 9.53 Å². The van der Waals surface area contributed by atoms with Crippen molar-refractivity contribution >= 4 is 5.97 Å². The molecule has 0 aromatic carbocycles. The minimum atomic E-state index is -2.82. The predicted molar refractivity (Wildman–Crippen MR) is 58.5 cm³/mol. The third kappa shape index (κ3) is 2.79. The fraction of sp³-hybridized carbons (Fsp3) is 0.417. The Labute approximate surface area is 98.1 Å². The van der Waals surface area contributed by atoms with Gasteiger partial charge in [-0.05, 0) is 6.08 Å². The molecule has 1 rings (SSSR count). The maximum atomic E-state index is 12.8. The smallest absolute Gasteiger partial charge is 0.338 e. The summed E-state index contributed by atoms with van der Waals surface area (Å²) in [5, 5.41) is 9.07. The lowest BCUT2D eigenvalue weighted by Crippen LogP contribution is -2.55. The molecular weight excluding hydrogens is 230 g/mol. The number of hydrogen-bond acceptors (Lipinski definition) is 3. The molecule has 1 aliphatic rings. The van der Waals surface area contributed by atoms with Gasteiger partial charge in [0, 0.05) is 12.8 Å². The van der Waals surface area contributed by atoms with Gasteiger partial charge in [-0.15, -0.1) is 0 Å². The first-order chi connectivity index (χ1) is 7.95. The monoisotopic (exact) mass is 244 g/mol. The van der Waals surface area contributed by atoms with Crippen LogP contribution in [0.3, 0.4) is 0 Å². The quantitative estimate of drug-likeness (QED) is 0.457. The largest absolute Gasteiger partial charge is 0.449 e. The fourth-order valence-electron chi connectivity index (χ4n) is 1.63. The summed E-state index contributed by atoms with van der Waals surface area (Å²) >= 11 is 0. The van der Waals surface area contributed by atoms with Gasteiger partial charge >= 0.3 is 5.97 Å². The van der Waals surface area contributed by atoms with E-state index in [1.807, 2.05) is 0 Å². The first kappa shape index (κ1) is 13.6. The normalized spacial score (nSPS) is 28.5. The molecule has 0 heterocycles. The van der Waals surface area contributed by atoms with E-state index in [1.54, 1.807) is 0 Å². The summed E-state index contributed by atoms with van der Waals surface area (Å²) in [5.74, 6) is -0.882. The molecule has 0 saturated heterocycles. The average molecular weight is 244 g/mol. The van der Waals surface area contributed by atoms with Gasteiger partial charge in [-0.2, -0.15) is 0 Å². The molecule has 1 fully saturated rings. The molecule has 17 heavy (non-hydrogen) atoms. The molecule has 1 N–H and O–H groups in total. The Kier molecular flexibility index (Phi) is 4.17. The number of aliphatic hydroxyl groups is 1. The van der Waals surface area contributed by atoms with Crippen LogP contribution in [0.5, 0.6) is 0 Å². The zero-order valence-corrected chi connectivity index (χ0v) is 9.23. The molecule has 0 radical (unpaired) electrons. The summed E-state index contributed by atoms with van der Waals surface area (Å²) in [5.41, 5.74) is -1.80. The molecule has 0 aliphatic heterocycles. The molecule has 0 aromatic heterocycles. The van der Waals surface area contributed by atoms with Crippen LogP contribution in [0.2, 0.25) is 0 Å². The van der Waals surface area contributed by atoms with E-state index in [1.165, 1.54) is 18.2 Å². The third-order valence-electron chi connectivity index (χ3n) is 2.61. The predicted octanol–water partition coefficient (Wildman–Crippen LogP) is 1.99. The topological polar surface area (TPSA) is 46.5 Å². The molecule has 1 saturated carbocycles. The zero-order chi connectivity index (χ0) is 13.1. The van der Waals surface area contributed by atoms with Crippen LogP contribution in [0.4, 0.5) is 8.78 Å². The van der Waals surface area contributed by atoms with E-state index >= 15 is 0 Å². The Morgan fingerprint density at radius 2 is 2.06 bits per heavy atom. The first-order valence-electron chi connectivity index (χ1n) is 5.10. The molecule has 94 valence electrons. The maximum absolute atomic E-state index is 12.8. The highest BCUT2D eigenvalue weighted by atomic mass is 19.3. The van der Waals surface area contributed by atoms with Crippen molar-refractivity contribution in [3.05, 3.63) is 37.0 Å². The molecule has 1 aliphatic carbocycles. The second-order valence-electron chi connectivity index (χ2n) is 3.88. The van der Waals surface area contributed by atoms with Crippen molar-refractivity contribution in [1.82, 2.24) is 0 Å². The molecule has 0 amide bonds. The number of rotatable bonds is 5. The van der Waals surface area contributed by atoms with E-state index in [0.717, 1.165) is 0 Å². The van der Waals surface area contributed by atoms with Crippen molar-refractivity contribution < 1.29 is 23.4 Å². The van der Waals surface area contributed by atoms with Crippen LogP contribution >= 0.6 is 0 Å². The second-order valence-corrected chi connectivity index (χ2v) is 3.88. The highest BCUT2D eigenvalue weighted by molar-refractivity contribution is 5.92. The van der Waals surface area contributed by atoms with E-state index < -0.39 is 24.1 Å². The van der Waals surface area contributed by atoms with E-state index in [0.29, 0.717) is 0 Å². The number of allylic oxidation sites excluding steroid dienone is 2. The summed E-state index contributed by atoms with van der Waals surface area (Å²) in [6.45, 7) is 6.77. The number of carbonyl (C=O) groups is 1. The SMILES string of the molecule is C=C/C=C(\C=C)C(=O)OC1(C(F)F)CC(O)C1. The summed E-state index contributed by atoms with van der Waals surface area (Å²) < 4.78 is 30.3. The fourth-order valence-corrected chi connectivity index (χ4v) is 1.63. The molecule has 0 aromatic rings. The van der Waals surface area contributed by atoms with E-state index in [2.05, 4.69) is 13.2 Å². The Morgan fingerprint density at radius 3 is 2.41 bits per heavy atom. The first-order valence-corrected chi connectivity index (χ1v) is 5.10. The van der Waals surface area contributed by atoms with Crippen LogP contribution in [0.1, 0.15) is 12.8 Å². The lowest BCUT2D eigenvalue weighted by Gasteiger charge is -2.43. The van der Waals surface area contributed by atoms with Crippen LogP contribution in [0, 0.1) is 0 Å². The highest BCUT2D eigenvalue weighted by Gasteiger charge is 2.54. The highest BCUT2D eigenvalue weighted by Crippen LogP contribution is 2.41. The average Bonchev–Trinajstić information content (AvgIpc) is 2.22. The van der Waals surface area contributed by atoms with Crippen molar-refractivity contribution in [2.24, 2.45) is 0 Å². The Bertz CT molecular complexity index is 355. The van der Waals surface area contributed by atoms with Gasteiger partial charge in [0.2, 0.25) is 0 Å². The number of alkyl halides is 2. The van der Waals surface area contributed by atoms with Crippen molar-refractivity contribution in [2.45, 2.75) is 31.0 Å². The van der Waals surface area contributed by atoms with Gasteiger partial charge in [0.15, 0.2) is 5.60 Å². The number of carbonyl (C=O) groups excluding carboxylic acids is 1.